The maximum absolute atomic E-state index is 11.5. The molecule has 0 aromatic heterocycles. The maximum atomic E-state index is 11.5. The maximum Gasteiger partial charge on any atom is 0.226 e. The van der Waals surface area contributed by atoms with Gasteiger partial charge in [-0.3, -0.25) is 4.79 Å². The van der Waals surface area contributed by atoms with Crippen molar-refractivity contribution in [2.75, 3.05) is 23.0 Å². The molecule has 1 aromatic carbocycles. The van der Waals surface area contributed by atoms with Crippen molar-refractivity contribution in [3.63, 3.8) is 0 Å². The lowest BCUT2D eigenvalue weighted by atomic mass is 10.2. The first-order chi connectivity index (χ1) is 7.08. The van der Waals surface area contributed by atoms with Crippen LogP contribution in [0.1, 0.15) is 13.3 Å². The lowest BCUT2D eigenvalue weighted by molar-refractivity contribution is -0.116. The van der Waals surface area contributed by atoms with Gasteiger partial charge in [0.2, 0.25) is 5.91 Å². The second-order valence-corrected chi connectivity index (χ2v) is 3.99. The summed E-state index contributed by atoms with van der Waals surface area (Å²) in [5, 5.41) is 2.87. The van der Waals surface area contributed by atoms with E-state index in [9.17, 15) is 4.79 Å². The summed E-state index contributed by atoms with van der Waals surface area (Å²) in [7, 11) is 1.98. The summed E-state index contributed by atoms with van der Waals surface area (Å²) in [5.41, 5.74) is 8.26. The molecule has 1 heterocycles. The van der Waals surface area contributed by atoms with Gasteiger partial charge in [0, 0.05) is 25.2 Å². The first-order valence-electron chi connectivity index (χ1n) is 5.00. The third-order valence-electron chi connectivity index (χ3n) is 2.82. The van der Waals surface area contributed by atoms with E-state index in [2.05, 4.69) is 10.2 Å². The van der Waals surface area contributed by atoms with Gasteiger partial charge in [0.25, 0.3) is 0 Å². The van der Waals surface area contributed by atoms with Gasteiger partial charge in [0.05, 0.1) is 11.4 Å². The van der Waals surface area contributed by atoms with Crippen molar-refractivity contribution in [3.8, 4) is 0 Å². The first kappa shape index (κ1) is 9.83. The van der Waals surface area contributed by atoms with Crippen LogP contribution in [0.3, 0.4) is 0 Å². The molecule has 1 amide bonds. The van der Waals surface area contributed by atoms with E-state index in [-0.39, 0.29) is 11.9 Å². The number of rotatable bonds is 0. The zero-order valence-corrected chi connectivity index (χ0v) is 8.95. The Hall–Kier alpha value is -1.71. The van der Waals surface area contributed by atoms with E-state index >= 15 is 0 Å². The number of carbonyl (C=O) groups excluding carboxylic acids is 1. The third kappa shape index (κ3) is 1.75. The van der Waals surface area contributed by atoms with Crippen LogP contribution in [-0.2, 0) is 4.79 Å². The van der Waals surface area contributed by atoms with Crippen LogP contribution in [0, 0.1) is 0 Å². The van der Waals surface area contributed by atoms with Gasteiger partial charge < -0.3 is 16.0 Å². The van der Waals surface area contributed by atoms with E-state index in [4.69, 9.17) is 5.73 Å². The average molecular weight is 205 g/mol. The zero-order valence-electron chi connectivity index (χ0n) is 8.95. The molecule has 4 nitrogen and oxygen atoms in total. The monoisotopic (exact) mass is 205 g/mol. The highest BCUT2D eigenvalue weighted by atomic mass is 16.1. The van der Waals surface area contributed by atoms with Crippen molar-refractivity contribution in [1.82, 2.24) is 0 Å². The summed E-state index contributed by atoms with van der Waals surface area (Å²) in [6.07, 6.45) is 0.505. The number of nitrogens with one attached hydrogen (secondary N) is 1. The molecule has 0 fully saturated rings. The lowest BCUT2D eigenvalue weighted by Crippen LogP contribution is -2.29. The Morgan fingerprint density at radius 3 is 3.00 bits per heavy atom. The van der Waals surface area contributed by atoms with E-state index in [1.807, 2.05) is 26.1 Å². The Labute approximate surface area is 89.1 Å². The fraction of sp³-hybridized carbons (Fsp3) is 0.364. The van der Waals surface area contributed by atoms with Crippen LogP contribution in [-0.4, -0.2) is 19.0 Å². The highest BCUT2D eigenvalue weighted by molar-refractivity contribution is 5.97. The summed E-state index contributed by atoms with van der Waals surface area (Å²) in [6, 6.07) is 5.71. The van der Waals surface area contributed by atoms with Crippen molar-refractivity contribution < 1.29 is 4.79 Å². The lowest BCUT2D eigenvalue weighted by Gasteiger charge is -2.25. The summed E-state index contributed by atoms with van der Waals surface area (Å²) in [5.74, 6) is 0.0536. The number of benzene rings is 1. The SMILES string of the molecule is C[C@@H]1CC(=O)Nc2ccc(N)cc2N1C. The van der Waals surface area contributed by atoms with Crippen molar-refractivity contribution in [2.24, 2.45) is 0 Å². The molecular formula is C11H15N3O. The molecule has 1 aromatic rings. The minimum atomic E-state index is 0.0536. The highest BCUT2D eigenvalue weighted by Gasteiger charge is 2.22. The molecule has 3 N–H and O–H groups in total. The van der Waals surface area contributed by atoms with Gasteiger partial charge in [-0.1, -0.05) is 0 Å². The molecule has 0 aliphatic carbocycles. The number of nitrogens with two attached hydrogens (primary N) is 1. The van der Waals surface area contributed by atoms with Crippen molar-refractivity contribution >= 4 is 23.0 Å². The van der Waals surface area contributed by atoms with E-state index in [0.717, 1.165) is 11.4 Å². The number of amides is 1. The normalized spacial score (nSPS) is 20.5. The van der Waals surface area contributed by atoms with Crippen LogP contribution < -0.4 is 16.0 Å². The van der Waals surface area contributed by atoms with Crippen LogP contribution in [0.25, 0.3) is 0 Å². The van der Waals surface area contributed by atoms with Crippen LogP contribution in [0.2, 0.25) is 0 Å². The summed E-state index contributed by atoms with van der Waals surface area (Å²) < 4.78 is 0. The van der Waals surface area contributed by atoms with Crippen molar-refractivity contribution in [3.05, 3.63) is 18.2 Å². The van der Waals surface area contributed by atoms with Crippen LogP contribution in [0.5, 0.6) is 0 Å². The fourth-order valence-electron chi connectivity index (χ4n) is 1.79. The molecule has 2 rings (SSSR count). The Balaban J connectivity index is 2.50. The van der Waals surface area contributed by atoms with E-state index < -0.39 is 0 Å². The molecule has 0 spiro atoms. The fourth-order valence-corrected chi connectivity index (χ4v) is 1.79. The molecule has 1 aliphatic heterocycles. The topological polar surface area (TPSA) is 58.4 Å². The average Bonchev–Trinajstić information content (AvgIpc) is 2.27. The summed E-state index contributed by atoms with van der Waals surface area (Å²) in [4.78, 5) is 13.6. The minimum Gasteiger partial charge on any atom is -0.399 e. The molecule has 80 valence electrons. The van der Waals surface area contributed by atoms with Gasteiger partial charge >= 0.3 is 0 Å². The number of hydrogen-bond acceptors (Lipinski definition) is 3. The standard InChI is InChI=1S/C11H15N3O/c1-7-5-11(15)13-9-4-3-8(12)6-10(9)14(7)2/h3-4,6-7H,5,12H2,1-2H3,(H,13,15)/t7-/m1/s1. The largest absolute Gasteiger partial charge is 0.399 e. The Morgan fingerprint density at radius 1 is 1.53 bits per heavy atom. The number of nitrogen functional groups attached to an aromatic ring is 1. The van der Waals surface area contributed by atoms with Gasteiger partial charge in [-0.25, -0.2) is 0 Å². The van der Waals surface area contributed by atoms with Crippen molar-refractivity contribution in [2.45, 2.75) is 19.4 Å². The smallest absolute Gasteiger partial charge is 0.226 e. The number of nitrogens with zero attached hydrogens (tertiary/aromatic N) is 1. The van der Waals surface area contributed by atoms with Crippen LogP contribution >= 0.6 is 0 Å². The molecular weight excluding hydrogens is 190 g/mol. The second kappa shape index (κ2) is 3.46. The Morgan fingerprint density at radius 2 is 2.27 bits per heavy atom. The molecule has 0 radical (unpaired) electrons. The van der Waals surface area contributed by atoms with Gasteiger partial charge in [-0.15, -0.1) is 0 Å². The molecule has 0 saturated carbocycles. The molecule has 0 unspecified atom stereocenters. The number of anilines is 3. The third-order valence-corrected chi connectivity index (χ3v) is 2.82. The Bertz CT molecular complexity index is 403. The molecule has 1 atom stereocenters. The second-order valence-electron chi connectivity index (χ2n) is 3.99. The van der Waals surface area contributed by atoms with E-state index in [1.54, 1.807) is 6.07 Å². The number of carbonyl (C=O) groups is 1. The summed E-state index contributed by atoms with van der Waals surface area (Å²) >= 11 is 0. The Kier molecular flexibility index (Phi) is 2.26. The molecule has 0 saturated heterocycles. The minimum absolute atomic E-state index is 0.0536. The summed E-state index contributed by atoms with van der Waals surface area (Å²) in [6.45, 7) is 2.03. The molecule has 15 heavy (non-hydrogen) atoms. The van der Waals surface area contributed by atoms with Gasteiger partial charge in [0.15, 0.2) is 0 Å². The van der Waals surface area contributed by atoms with Gasteiger partial charge in [-0.2, -0.15) is 0 Å². The quantitative estimate of drug-likeness (QED) is 0.630. The molecule has 0 bridgehead atoms. The first-order valence-corrected chi connectivity index (χ1v) is 5.00. The number of hydrogen-bond donors (Lipinski definition) is 2. The predicted molar refractivity (Wildman–Crippen MR) is 62.0 cm³/mol. The predicted octanol–water partition coefficient (Wildman–Crippen LogP) is 1.44. The van der Waals surface area contributed by atoms with Gasteiger partial charge in [0.1, 0.15) is 0 Å². The van der Waals surface area contributed by atoms with Gasteiger partial charge in [-0.05, 0) is 25.1 Å². The van der Waals surface area contributed by atoms with Crippen molar-refractivity contribution in [1.29, 1.82) is 0 Å². The van der Waals surface area contributed by atoms with E-state index in [0.29, 0.717) is 12.1 Å². The molecule has 1 aliphatic rings. The van der Waals surface area contributed by atoms with Crippen LogP contribution in [0.4, 0.5) is 17.1 Å². The highest BCUT2D eigenvalue weighted by Crippen LogP contribution is 2.31. The molecule has 4 heteroatoms. The zero-order chi connectivity index (χ0) is 11.0. The van der Waals surface area contributed by atoms with Crippen LogP contribution in [0.15, 0.2) is 18.2 Å². The van der Waals surface area contributed by atoms with E-state index in [1.165, 1.54) is 0 Å². The number of fused-ring (bicyclic) bond motifs is 1.